The monoisotopic (exact) mass is 260 g/mol. The lowest BCUT2D eigenvalue weighted by Crippen LogP contribution is -2.09. The Labute approximate surface area is 115 Å². The molecule has 0 saturated heterocycles. The normalized spacial score (nSPS) is 12.9. The second-order valence-electron chi connectivity index (χ2n) is 5.17. The van der Waals surface area contributed by atoms with Crippen molar-refractivity contribution in [2.45, 2.75) is 39.8 Å². The summed E-state index contributed by atoms with van der Waals surface area (Å²) in [6, 6.07) is 6.39. The maximum Gasteiger partial charge on any atom is 0.120 e. The minimum absolute atomic E-state index is 0.259. The molecule has 1 N–H and O–H groups in total. The lowest BCUT2D eigenvalue weighted by molar-refractivity contribution is 0.217. The average molecular weight is 260 g/mol. The molecule has 1 heterocycles. The Balaban J connectivity index is 2.48. The number of hydrogen-bond donors (Lipinski definition) is 1. The second kappa shape index (κ2) is 5.66. The minimum Gasteiger partial charge on any atom is -0.491 e. The highest BCUT2D eigenvalue weighted by Gasteiger charge is 2.12. The maximum atomic E-state index is 5.92. The molecule has 3 nitrogen and oxygen atoms in total. The van der Waals surface area contributed by atoms with Gasteiger partial charge in [0.25, 0.3) is 0 Å². The van der Waals surface area contributed by atoms with Crippen molar-refractivity contribution >= 4 is 10.9 Å². The topological polar surface area (TPSA) is 26.2 Å². The molecule has 0 bridgehead atoms. The van der Waals surface area contributed by atoms with Gasteiger partial charge in [-0.3, -0.25) is 0 Å². The van der Waals surface area contributed by atoms with Gasteiger partial charge >= 0.3 is 0 Å². The number of benzene rings is 1. The number of ether oxygens (including phenoxy) is 1. The molecule has 1 atom stereocenters. The predicted molar refractivity (Wildman–Crippen MR) is 80.8 cm³/mol. The Bertz CT molecular complexity index is 572. The first-order valence-corrected chi connectivity index (χ1v) is 6.97. The third kappa shape index (κ3) is 2.61. The fraction of sp³-hybridized carbons (Fsp3) is 0.500. The van der Waals surface area contributed by atoms with Crippen LogP contribution in [0, 0.1) is 6.92 Å². The molecule has 0 spiro atoms. The summed E-state index contributed by atoms with van der Waals surface area (Å²) in [5.41, 5.74) is 3.93. The molecule has 104 valence electrons. The van der Waals surface area contributed by atoms with Gasteiger partial charge in [-0.1, -0.05) is 6.92 Å². The first-order chi connectivity index (χ1) is 9.08. The fourth-order valence-electron chi connectivity index (χ4n) is 2.42. The van der Waals surface area contributed by atoms with Crippen molar-refractivity contribution < 1.29 is 4.74 Å². The number of hydrogen-bond acceptors (Lipinski definition) is 2. The van der Waals surface area contributed by atoms with Crippen LogP contribution in [0.15, 0.2) is 18.2 Å². The highest BCUT2D eigenvalue weighted by atomic mass is 16.5. The molecule has 0 fully saturated rings. The van der Waals surface area contributed by atoms with Crippen molar-refractivity contribution in [3.63, 3.8) is 0 Å². The predicted octanol–water partition coefficient (Wildman–Crippen LogP) is 3.38. The molecule has 0 aliphatic rings. The Morgan fingerprint density at radius 1 is 1.37 bits per heavy atom. The van der Waals surface area contributed by atoms with E-state index in [9.17, 15) is 0 Å². The van der Waals surface area contributed by atoms with E-state index in [1.165, 1.54) is 22.2 Å². The first-order valence-electron chi connectivity index (χ1n) is 6.97. The van der Waals surface area contributed by atoms with Crippen LogP contribution in [-0.4, -0.2) is 17.7 Å². The van der Waals surface area contributed by atoms with E-state index in [4.69, 9.17) is 4.74 Å². The lowest BCUT2D eigenvalue weighted by atomic mass is 10.1. The standard InChI is InChI=1S/C16H24N2O/c1-6-11(2)19-13-7-8-16-14(9-13)15(10-17-4)12(3)18(16)5/h7-9,11,17H,6,10H2,1-5H3/t11-/m0/s1. The number of aromatic nitrogens is 1. The summed E-state index contributed by atoms with van der Waals surface area (Å²) < 4.78 is 8.17. The van der Waals surface area contributed by atoms with Gasteiger partial charge in [-0.25, -0.2) is 0 Å². The Hall–Kier alpha value is -1.48. The van der Waals surface area contributed by atoms with E-state index in [1.807, 2.05) is 7.05 Å². The number of nitrogens with one attached hydrogen (secondary N) is 1. The quantitative estimate of drug-likeness (QED) is 0.892. The van der Waals surface area contributed by atoms with Gasteiger partial charge in [0.15, 0.2) is 0 Å². The smallest absolute Gasteiger partial charge is 0.120 e. The molecule has 0 aliphatic heterocycles. The van der Waals surface area contributed by atoms with E-state index in [0.29, 0.717) is 0 Å². The highest BCUT2D eigenvalue weighted by molar-refractivity contribution is 5.86. The van der Waals surface area contributed by atoms with Gasteiger partial charge in [-0.15, -0.1) is 0 Å². The molecule has 3 heteroatoms. The van der Waals surface area contributed by atoms with E-state index in [-0.39, 0.29) is 6.10 Å². The third-order valence-corrected chi connectivity index (χ3v) is 3.86. The Morgan fingerprint density at radius 3 is 2.74 bits per heavy atom. The van der Waals surface area contributed by atoms with Crippen molar-refractivity contribution in [3.8, 4) is 5.75 Å². The summed E-state index contributed by atoms with van der Waals surface area (Å²) in [4.78, 5) is 0. The molecular formula is C16H24N2O. The summed E-state index contributed by atoms with van der Waals surface area (Å²) in [6.45, 7) is 7.30. The van der Waals surface area contributed by atoms with E-state index in [2.05, 4.69) is 55.9 Å². The Kier molecular flexibility index (Phi) is 4.15. The van der Waals surface area contributed by atoms with Gasteiger partial charge in [0.05, 0.1) is 6.10 Å². The summed E-state index contributed by atoms with van der Waals surface area (Å²) >= 11 is 0. The Morgan fingerprint density at radius 2 is 2.11 bits per heavy atom. The largest absolute Gasteiger partial charge is 0.491 e. The summed E-state index contributed by atoms with van der Waals surface area (Å²) in [7, 11) is 4.10. The molecule has 0 amide bonds. The first kappa shape index (κ1) is 13.9. The zero-order valence-corrected chi connectivity index (χ0v) is 12.6. The molecular weight excluding hydrogens is 236 g/mol. The van der Waals surface area contributed by atoms with Crippen molar-refractivity contribution in [1.82, 2.24) is 9.88 Å². The average Bonchev–Trinajstić information content (AvgIpc) is 2.64. The number of nitrogens with zero attached hydrogens (tertiary/aromatic N) is 1. The van der Waals surface area contributed by atoms with Crippen molar-refractivity contribution in [2.75, 3.05) is 7.05 Å². The van der Waals surface area contributed by atoms with Crippen LogP contribution in [-0.2, 0) is 13.6 Å². The van der Waals surface area contributed by atoms with E-state index in [0.717, 1.165) is 18.7 Å². The zero-order valence-electron chi connectivity index (χ0n) is 12.6. The van der Waals surface area contributed by atoms with Gasteiger partial charge in [0.1, 0.15) is 5.75 Å². The number of rotatable bonds is 5. The minimum atomic E-state index is 0.259. The molecule has 1 aromatic carbocycles. The van der Waals surface area contributed by atoms with E-state index < -0.39 is 0 Å². The van der Waals surface area contributed by atoms with Crippen LogP contribution >= 0.6 is 0 Å². The van der Waals surface area contributed by atoms with Crippen LogP contribution < -0.4 is 10.1 Å². The van der Waals surface area contributed by atoms with Crippen molar-refractivity contribution in [3.05, 3.63) is 29.5 Å². The van der Waals surface area contributed by atoms with Gasteiger partial charge in [-0.2, -0.15) is 0 Å². The van der Waals surface area contributed by atoms with E-state index >= 15 is 0 Å². The van der Waals surface area contributed by atoms with Gasteiger partial charge in [-0.05, 0) is 51.1 Å². The van der Waals surface area contributed by atoms with Crippen molar-refractivity contribution in [2.24, 2.45) is 7.05 Å². The third-order valence-electron chi connectivity index (χ3n) is 3.86. The second-order valence-corrected chi connectivity index (χ2v) is 5.17. The molecule has 0 radical (unpaired) electrons. The number of fused-ring (bicyclic) bond motifs is 1. The van der Waals surface area contributed by atoms with Crippen LogP contribution in [0.25, 0.3) is 10.9 Å². The van der Waals surface area contributed by atoms with Gasteiger partial charge in [0, 0.05) is 30.2 Å². The summed E-state index contributed by atoms with van der Waals surface area (Å²) in [6.07, 6.45) is 1.28. The molecule has 1 aromatic heterocycles. The van der Waals surface area contributed by atoms with E-state index in [1.54, 1.807) is 0 Å². The van der Waals surface area contributed by atoms with Crippen LogP contribution in [0.4, 0.5) is 0 Å². The summed E-state index contributed by atoms with van der Waals surface area (Å²) in [5.74, 6) is 0.963. The van der Waals surface area contributed by atoms with Gasteiger partial charge < -0.3 is 14.6 Å². The highest BCUT2D eigenvalue weighted by Crippen LogP contribution is 2.29. The fourth-order valence-corrected chi connectivity index (χ4v) is 2.42. The van der Waals surface area contributed by atoms with Gasteiger partial charge in [0.2, 0.25) is 0 Å². The molecule has 0 unspecified atom stereocenters. The number of aryl methyl sites for hydroxylation is 1. The van der Waals surface area contributed by atoms with Crippen LogP contribution in [0.3, 0.4) is 0 Å². The zero-order chi connectivity index (χ0) is 14.0. The molecule has 0 saturated carbocycles. The van der Waals surface area contributed by atoms with Crippen molar-refractivity contribution in [1.29, 1.82) is 0 Å². The lowest BCUT2D eigenvalue weighted by Gasteiger charge is -2.12. The maximum absolute atomic E-state index is 5.92. The summed E-state index contributed by atoms with van der Waals surface area (Å²) in [5, 5.41) is 4.53. The molecule has 2 aromatic rings. The molecule has 19 heavy (non-hydrogen) atoms. The molecule has 2 rings (SSSR count). The SMILES string of the molecule is CC[C@H](C)Oc1ccc2c(c1)c(CNC)c(C)n2C. The van der Waals surface area contributed by atoms with Crippen LogP contribution in [0.1, 0.15) is 31.5 Å². The molecule has 0 aliphatic carbocycles. The van der Waals surface area contributed by atoms with Crippen LogP contribution in [0.5, 0.6) is 5.75 Å². The van der Waals surface area contributed by atoms with Crippen LogP contribution in [0.2, 0.25) is 0 Å².